The van der Waals surface area contributed by atoms with Gasteiger partial charge >= 0.3 is 0 Å². The summed E-state index contributed by atoms with van der Waals surface area (Å²) in [5.74, 6) is 0.0694. The topological polar surface area (TPSA) is 40.5 Å². The summed E-state index contributed by atoms with van der Waals surface area (Å²) in [4.78, 5) is 14.1. The Bertz CT molecular complexity index is 470. The van der Waals surface area contributed by atoms with Crippen molar-refractivity contribution < 1.29 is 9.90 Å². The zero-order chi connectivity index (χ0) is 12.5. The van der Waals surface area contributed by atoms with E-state index in [-0.39, 0.29) is 12.0 Å². The minimum Gasteiger partial charge on any atom is -0.391 e. The van der Waals surface area contributed by atoms with Crippen LogP contribution in [0.15, 0.2) is 18.2 Å². The highest BCUT2D eigenvalue weighted by molar-refractivity contribution is 5.94. The number of nitrogens with zero attached hydrogens (tertiary/aromatic N) is 1. The number of fused-ring (bicyclic) bond motifs is 1. The lowest BCUT2D eigenvalue weighted by Gasteiger charge is -2.19. The Labute approximate surface area is 107 Å². The third-order valence-corrected chi connectivity index (χ3v) is 4.05. The first-order valence-electron chi connectivity index (χ1n) is 6.83. The lowest BCUT2D eigenvalue weighted by Crippen LogP contribution is -2.29. The lowest BCUT2D eigenvalue weighted by molar-refractivity contribution is 0.0765. The Balaban J connectivity index is 1.81. The number of hydrogen-bond donors (Lipinski definition) is 1. The fraction of sp³-hybridized carbons (Fsp3) is 0.533. The molecular formula is C15H19NO2. The lowest BCUT2D eigenvalue weighted by atomic mass is 9.90. The number of rotatable bonds is 1. The van der Waals surface area contributed by atoms with Gasteiger partial charge in [0.2, 0.25) is 0 Å². The Morgan fingerprint density at radius 2 is 2.00 bits per heavy atom. The van der Waals surface area contributed by atoms with Gasteiger partial charge in [0, 0.05) is 18.7 Å². The van der Waals surface area contributed by atoms with Crippen LogP contribution in [0.4, 0.5) is 0 Å². The molecule has 2 aliphatic rings. The first-order valence-corrected chi connectivity index (χ1v) is 6.83. The Kier molecular flexibility index (Phi) is 3.08. The average Bonchev–Trinajstić information content (AvgIpc) is 2.84. The van der Waals surface area contributed by atoms with Gasteiger partial charge in [0.15, 0.2) is 0 Å². The summed E-state index contributed by atoms with van der Waals surface area (Å²) in [6.07, 6.45) is 5.10. The second-order valence-electron chi connectivity index (χ2n) is 5.38. The van der Waals surface area contributed by atoms with Gasteiger partial charge in [-0.25, -0.2) is 0 Å². The zero-order valence-corrected chi connectivity index (χ0v) is 10.6. The molecular weight excluding hydrogens is 226 g/mol. The summed E-state index contributed by atoms with van der Waals surface area (Å²) < 4.78 is 0. The van der Waals surface area contributed by atoms with Crippen molar-refractivity contribution in [3.8, 4) is 0 Å². The molecule has 1 aromatic rings. The van der Waals surface area contributed by atoms with Crippen LogP contribution in [0, 0.1) is 0 Å². The quantitative estimate of drug-likeness (QED) is 0.819. The minimum atomic E-state index is -0.341. The molecule has 1 aliphatic heterocycles. The summed E-state index contributed by atoms with van der Waals surface area (Å²) in [6, 6.07) is 6.10. The van der Waals surface area contributed by atoms with Crippen molar-refractivity contribution in [2.45, 2.75) is 38.2 Å². The average molecular weight is 245 g/mol. The fourth-order valence-corrected chi connectivity index (χ4v) is 2.98. The van der Waals surface area contributed by atoms with Crippen LogP contribution in [-0.4, -0.2) is 35.1 Å². The van der Waals surface area contributed by atoms with Gasteiger partial charge in [0.25, 0.3) is 5.91 Å². The number of β-amino-alcohol motifs (C(OH)–C–C–N with tert-alkyl or cyclic N) is 1. The van der Waals surface area contributed by atoms with Crippen LogP contribution in [0.25, 0.3) is 0 Å². The van der Waals surface area contributed by atoms with Gasteiger partial charge in [-0.15, -0.1) is 0 Å². The first-order chi connectivity index (χ1) is 8.74. The molecule has 1 amide bonds. The van der Waals surface area contributed by atoms with Gasteiger partial charge in [-0.2, -0.15) is 0 Å². The van der Waals surface area contributed by atoms with Crippen LogP contribution in [0.5, 0.6) is 0 Å². The van der Waals surface area contributed by atoms with E-state index in [4.69, 9.17) is 0 Å². The standard InChI is InChI=1S/C15H19NO2/c17-14-7-8-16(10-14)15(18)13-6-5-11-3-1-2-4-12(11)9-13/h5-6,9,14,17H,1-4,7-8,10H2. The molecule has 1 saturated heterocycles. The fourth-order valence-electron chi connectivity index (χ4n) is 2.98. The van der Waals surface area contributed by atoms with Gasteiger partial charge in [0.1, 0.15) is 0 Å². The minimum absolute atomic E-state index is 0.0694. The molecule has 1 aliphatic carbocycles. The van der Waals surface area contributed by atoms with Crippen molar-refractivity contribution >= 4 is 5.91 Å². The highest BCUT2D eigenvalue weighted by Gasteiger charge is 2.25. The smallest absolute Gasteiger partial charge is 0.253 e. The maximum absolute atomic E-state index is 12.3. The van der Waals surface area contributed by atoms with E-state index in [1.165, 1.54) is 24.0 Å². The summed E-state index contributed by atoms with van der Waals surface area (Å²) >= 11 is 0. The third kappa shape index (κ3) is 2.15. The van der Waals surface area contributed by atoms with Gasteiger partial charge < -0.3 is 10.0 Å². The molecule has 3 nitrogen and oxygen atoms in total. The van der Waals surface area contributed by atoms with Crippen LogP contribution in [-0.2, 0) is 12.8 Å². The molecule has 0 radical (unpaired) electrons. The Hall–Kier alpha value is -1.35. The zero-order valence-electron chi connectivity index (χ0n) is 10.6. The second kappa shape index (κ2) is 4.73. The maximum Gasteiger partial charge on any atom is 0.253 e. The van der Waals surface area contributed by atoms with Crippen molar-refractivity contribution in [2.75, 3.05) is 13.1 Å². The van der Waals surface area contributed by atoms with Crippen LogP contribution in [0.3, 0.4) is 0 Å². The highest BCUT2D eigenvalue weighted by Crippen LogP contribution is 2.23. The van der Waals surface area contributed by atoms with Crippen LogP contribution >= 0.6 is 0 Å². The van der Waals surface area contributed by atoms with Crippen LogP contribution in [0.1, 0.15) is 40.7 Å². The van der Waals surface area contributed by atoms with Crippen molar-refractivity contribution in [3.05, 3.63) is 34.9 Å². The maximum atomic E-state index is 12.3. The number of amides is 1. The monoisotopic (exact) mass is 245 g/mol. The summed E-state index contributed by atoms with van der Waals surface area (Å²) in [5, 5.41) is 9.49. The van der Waals surface area contributed by atoms with E-state index < -0.39 is 0 Å². The van der Waals surface area contributed by atoms with Crippen LogP contribution < -0.4 is 0 Å². The molecule has 3 rings (SSSR count). The number of carbonyl (C=O) groups is 1. The Morgan fingerprint density at radius 3 is 2.72 bits per heavy atom. The second-order valence-corrected chi connectivity index (χ2v) is 5.38. The molecule has 18 heavy (non-hydrogen) atoms. The van der Waals surface area contributed by atoms with Crippen molar-refractivity contribution in [3.63, 3.8) is 0 Å². The molecule has 0 saturated carbocycles. The molecule has 96 valence electrons. The van der Waals surface area contributed by atoms with Gasteiger partial charge in [0.05, 0.1) is 6.10 Å². The first kappa shape index (κ1) is 11.7. The molecule has 0 bridgehead atoms. The van der Waals surface area contributed by atoms with E-state index in [2.05, 4.69) is 12.1 Å². The van der Waals surface area contributed by atoms with Crippen LogP contribution in [0.2, 0.25) is 0 Å². The van der Waals surface area contributed by atoms with E-state index in [1.807, 2.05) is 6.07 Å². The predicted octanol–water partition coefficient (Wildman–Crippen LogP) is 1.77. The number of carbonyl (C=O) groups excluding carboxylic acids is 1. The van der Waals surface area contributed by atoms with E-state index in [9.17, 15) is 9.90 Å². The molecule has 0 aromatic heterocycles. The molecule has 1 atom stereocenters. The van der Waals surface area contributed by atoms with Gasteiger partial charge in [-0.1, -0.05) is 6.07 Å². The van der Waals surface area contributed by atoms with E-state index in [1.54, 1.807) is 4.90 Å². The third-order valence-electron chi connectivity index (χ3n) is 4.05. The van der Waals surface area contributed by atoms with Crippen molar-refractivity contribution in [2.24, 2.45) is 0 Å². The Morgan fingerprint density at radius 1 is 1.22 bits per heavy atom. The summed E-state index contributed by atoms with van der Waals surface area (Å²) in [6.45, 7) is 1.16. The van der Waals surface area contributed by atoms with E-state index >= 15 is 0 Å². The van der Waals surface area contributed by atoms with Gasteiger partial charge in [-0.05, 0) is 55.4 Å². The molecule has 3 heteroatoms. The number of aryl methyl sites for hydroxylation is 2. The molecule has 1 unspecified atom stereocenters. The summed E-state index contributed by atoms with van der Waals surface area (Å²) in [7, 11) is 0. The number of benzene rings is 1. The largest absolute Gasteiger partial charge is 0.391 e. The normalized spacial score (nSPS) is 22.9. The van der Waals surface area contributed by atoms with E-state index in [0.717, 1.165) is 18.4 Å². The number of aliphatic hydroxyl groups excluding tert-OH is 1. The van der Waals surface area contributed by atoms with Crippen molar-refractivity contribution in [1.29, 1.82) is 0 Å². The number of aliphatic hydroxyl groups is 1. The molecule has 0 spiro atoms. The van der Waals surface area contributed by atoms with Gasteiger partial charge in [-0.3, -0.25) is 4.79 Å². The predicted molar refractivity (Wildman–Crippen MR) is 69.6 cm³/mol. The number of likely N-dealkylation sites (tertiary alicyclic amines) is 1. The summed E-state index contributed by atoms with van der Waals surface area (Å²) in [5.41, 5.74) is 3.52. The molecule has 1 heterocycles. The molecule has 1 fully saturated rings. The van der Waals surface area contributed by atoms with Crippen molar-refractivity contribution in [1.82, 2.24) is 4.90 Å². The molecule has 1 N–H and O–H groups in total. The molecule has 1 aromatic carbocycles. The highest BCUT2D eigenvalue weighted by atomic mass is 16.3. The number of hydrogen-bond acceptors (Lipinski definition) is 2. The van der Waals surface area contributed by atoms with E-state index in [0.29, 0.717) is 19.5 Å². The SMILES string of the molecule is O=C(c1ccc2c(c1)CCCC2)N1CCC(O)C1.